The molecule has 0 amide bonds. The summed E-state index contributed by atoms with van der Waals surface area (Å²) in [6.45, 7) is 0. The van der Waals surface area contributed by atoms with Crippen LogP contribution in [0.5, 0.6) is 0 Å². The molecule has 0 aliphatic carbocycles. The smallest absolute Gasteiger partial charge is 0.0771 e. The van der Waals surface area contributed by atoms with E-state index >= 15 is 0 Å². The zero-order chi connectivity index (χ0) is 14.0. The molecular weight excluding hydrogens is 266 g/mol. The average molecular weight is 281 g/mol. The van der Waals surface area contributed by atoms with Crippen LogP contribution in [0.25, 0.3) is 10.8 Å². The van der Waals surface area contributed by atoms with Gasteiger partial charge in [0.15, 0.2) is 0 Å². The van der Waals surface area contributed by atoms with Crippen molar-refractivity contribution in [1.29, 1.82) is 0 Å². The summed E-state index contributed by atoms with van der Waals surface area (Å²) < 4.78 is 17.2. The molecule has 100 valence electrons. The van der Waals surface area contributed by atoms with Gasteiger partial charge < -0.3 is 0 Å². The van der Waals surface area contributed by atoms with E-state index in [2.05, 4.69) is 4.36 Å². The van der Waals surface area contributed by atoms with Crippen LogP contribution in [0, 0.1) is 0 Å². The molecule has 0 aliphatic rings. The first-order valence-electron chi connectivity index (χ1n) is 6.41. The maximum absolute atomic E-state index is 12.8. The molecule has 0 saturated heterocycles. The van der Waals surface area contributed by atoms with Gasteiger partial charge in [-0.1, -0.05) is 48.5 Å². The summed E-state index contributed by atoms with van der Waals surface area (Å²) in [6, 6.07) is 23.4. The molecule has 0 bridgehead atoms. The number of benzene rings is 3. The molecule has 0 spiro atoms. The largest absolute Gasteiger partial charge is 0.245 e. The van der Waals surface area contributed by atoms with Gasteiger partial charge in [0.2, 0.25) is 0 Å². The van der Waals surface area contributed by atoms with E-state index in [1.165, 1.54) is 0 Å². The topological polar surface area (TPSA) is 29.4 Å². The van der Waals surface area contributed by atoms with E-state index in [0.717, 1.165) is 21.4 Å². The van der Waals surface area contributed by atoms with Gasteiger partial charge in [-0.3, -0.25) is 0 Å². The normalized spacial score (nSPS) is 13.8. The van der Waals surface area contributed by atoms with Crippen LogP contribution in [0.3, 0.4) is 0 Å². The minimum absolute atomic E-state index is 0.744. The van der Waals surface area contributed by atoms with Gasteiger partial charge in [0, 0.05) is 11.2 Å². The van der Waals surface area contributed by atoms with Crippen LogP contribution >= 0.6 is 0 Å². The van der Waals surface area contributed by atoms with Gasteiger partial charge in [-0.2, -0.15) is 4.36 Å². The SMILES string of the molecule is CS(=O)(=Nc1ccccc1)c1ccc2ccccc2c1. The highest BCUT2D eigenvalue weighted by Gasteiger charge is 2.07. The van der Waals surface area contributed by atoms with Crippen LogP contribution in [-0.4, -0.2) is 10.5 Å². The van der Waals surface area contributed by atoms with Crippen molar-refractivity contribution < 1.29 is 4.21 Å². The van der Waals surface area contributed by atoms with Crippen LogP contribution in [0.1, 0.15) is 0 Å². The number of hydrogen-bond acceptors (Lipinski definition) is 2. The van der Waals surface area contributed by atoms with E-state index in [1.807, 2.05) is 72.8 Å². The molecule has 0 radical (unpaired) electrons. The molecule has 0 N–H and O–H groups in total. The lowest BCUT2D eigenvalue weighted by atomic mass is 10.1. The molecule has 1 atom stereocenters. The third kappa shape index (κ3) is 2.58. The van der Waals surface area contributed by atoms with E-state index in [9.17, 15) is 4.21 Å². The summed E-state index contributed by atoms with van der Waals surface area (Å²) >= 11 is 0. The van der Waals surface area contributed by atoms with Crippen LogP contribution < -0.4 is 0 Å². The first kappa shape index (κ1) is 12.9. The quantitative estimate of drug-likeness (QED) is 0.673. The van der Waals surface area contributed by atoms with Gasteiger partial charge in [-0.15, -0.1) is 0 Å². The molecule has 3 rings (SSSR count). The highest BCUT2D eigenvalue weighted by atomic mass is 32.2. The van der Waals surface area contributed by atoms with Crippen LogP contribution in [0.4, 0.5) is 5.69 Å². The molecular formula is C17H15NOS. The lowest BCUT2D eigenvalue weighted by molar-refractivity contribution is 0.681. The van der Waals surface area contributed by atoms with E-state index < -0.39 is 9.73 Å². The van der Waals surface area contributed by atoms with Crippen LogP contribution in [0.15, 0.2) is 82.1 Å². The second kappa shape index (κ2) is 5.10. The van der Waals surface area contributed by atoms with Gasteiger partial charge in [0.25, 0.3) is 0 Å². The molecule has 20 heavy (non-hydrogen) atoms. The second-order valence-electron chi connectivity index (χ2n) is 4.74. The third-order valence-corrected chi connectivity index (χ3v) is 4.88. The van der Waals surface area contributed by atoms with E-state index in [0.29, 0.717) is 0 Å². The van der Waals surface area contributed by atoms with Crippen molar-refractivity contribution in [3.05, 3.63) is 72.8 Å². The molecule has 2 nitrogen and oxygen atoms in total. The first-order valence-corrected chi connectivity index (χ1v) is 8.33. The molecule has 3 heteroatoms. The molecule has 1 unspecified atom stereocenters. The lowest BCUT2D eigenvalue weighted by Crippen LogP contribution is -1.96. The van der Waals surface area contributed by atoms with Crippen molar-refractivity contribution in [3.8, 4) is 0 Å². The molecule has 0 heterocycles. The average Bonchev–Trinajstić information content (AvgIpc) is 2.47. The Morgan fingerprint density at radius 2 is 1.45 bits per heavy atom. The first-order chi connectivity index (χ1) is 9.65. The van der Waals surface area contributed by atoms with Gasteiger partial charge >= 0.3 is 0 Å². The van der Waals surface area contributed by atoms with Gasteiger partial charge in [0.05, 0.1) is 15.4 Å². The molecule has 0 aromatic heterocycles. The fraction of sp³-hybridized carbons (Fsp3) is 0.0588. The number of fused-ring (bicyclic) bond motifs is 1. The van der Waals surface area contributed by atoms with Crippen molar-refractivity contribution in [2.24, 2.45) is 4.36 Å². The summed E-state index contributed by atoms with van der Waals surface area (Å²) in [4.78, 5) is 0.764. The summed E-state index contributed by atoms with van der Waals surface area (Å²) in [5, 5.41) is 2.23. The minimum Gasteiger partial charge on any atom is -0.245 e. The summed E-state index contributed by atoms with van der Waals surface area (Å²) in [5.74, 6) is 0. The maximum atomic E-state index is 12.8. The number of hydrogen-bond donors (Lipinski definition) is 0. The Labute approximate surface area is 119 Å². The Hall–Kier alpha value is -2.13. The van der Waals surface area contributed by atoms with Crippen LogP contribution in [-0.2, 0) is 9.73 Å². The Kier molecular flexibility index (Phi) is 3.28. The van der Waals surface area contributed by atoms with Crippen molar-refractivity contribution in [1.82, 2.24) is 0 Å². The predicted octanol–water partition coefficient (Wildman–Crippen LogP) is 4.63. The lowest BCUT2D eigenvalue weighted by Gasteiger charge is -2.06. The van der Waals surface area contributed by atoms with Gasteiger partial charge in [-0.25, -0.2) is 4.21 Å². The highest BCUT2D eigenvalue weighted by Crippen LogP contribution is 2.23. The Balaban J connectivity index is 2.14. The highest BCUT2D eigenvalue weighted by molar-refractivity contribution is 7.93. The van der Waals surface area contributed by atoms with Crippen LogP contribution in [0.2, 0.25) is 0 Å². The standard InChI is InChI=1S/C17H15NOS/c1-20(19,18-16-9-3-2-4-10-16)17-12-11-14-7-5-6-8-15(14)13-17/h2-13H,1H3. The Morgan fingerprint density at radius 3 is 2.20 bits per heavy atom. The molecule has 3 aromatic carbocycles. The third-order valence-electron chi connectivity index (χ3n) is 3.19. The summed E-state index contributed by atoms with van der Waals surface area (Å²) in [5.41, 5.74) is 0.744. The van der Waals surface area contributed by atoms with Crippen molar-refractivity contribution >= 4 is 26.2 Å². The molecule has 3 aromatic rings. The predicted molar refractivity (Wildman–Crippen MR) is 84.8 cm³/mol. The summed E-state index contributed by atoms with van der Waals surface area (Å²) in [6.07, 6.45) is 1.68. The molecule has 0 aliphatic heterocycles. The van der Waals surface area contributed by atoms with Crippen molar-refractivity contribution in [2.45, 2.75) is 4.90 Å². The summed E-state index contributed by atoms with van der Waals surface area (Å²) in [7, 11) is -2.43. The monoisotopic (exact) mass is 281 g/mol. The number of nitrogens with zero attached hydrogens (tertiary/aromatic N) is 1. The minimum atomic E-state index is -2.43. The zero-order valence-corrected chi connectivity index (χ0v) is 12.0. The van der Waals surface area contributed by atoms with Gasteiger partial charge in [-0.05, 0) is 35.0 Å². The Morgan fingerprint density at radius 1 is 0.800 bits per heavy atom. The molecule has 0 saturated carbocycles. The Bertz CT molecular complexity index is 862. The zero-order valence-electron chi connectivity index (χ0n) is 11.2. The maximum Gasteiger partial charge on any atom is 0.0771 e. The fourth-order valence-electron chi connectivity index (χ4n) is 2.15. The van der Waals surface area contributed by atoms with E-state index in [-0.39, 0.29) is 0 Å². The van der Waals surface area contributed by atoms with Crippen molar-refractivity contribution in [3.63, 3.8) is 0 Å². The van der Waals surface area contributed by atoms with E-state index in [1.54, 1.807) is 6.26 Å². The van der Waals surface area contributed by atoms with Crippen molar-refractivity contribution in [2.75, 3.05) is 6.26 Å². The fourth-order valence-corrected chi connectivity index (χ4v) is 3.44. The number of rotatable bonds is 2. The van der Waals surface area contributed by atoms with E-state index in [4.69, 9.17) is 0 Å². The second-order valence-corrected chi connectivity index (χ2v) is 7.00. The van der Waals surface area contributed by atoms with Gasteiger partial charge in [0.1, 0.15) is 0 Å². The molecule has 0 fully saturated rings.